The minimum Gasteiger partial charge on any atom is -0.507 e. The number of hydrogen-bond acceptors (Lipinski definition) is 5. The SMILES string of the molecule is CCN1C(=O)/C(=C/C(C)=C/c2ccccc2)SC1=Nc1ccc(C(=O)O)c(O)c1. The molecule has 0 spiro atoms. The van der Waals surface area contributed by atoms with Gasteiger partial charge in [0.1, 0.15) is 11.3 Å². The molecule has 0 aliphatic carbocycles. The van der Waals surface area contributed by atoms with Gasteiger partial charge in [0, 0.05) is 12.6 Å². The Bertz CT molecular complexity index is 1040. The number of aromatic carboxylic acids is 1. The number of carboxylic acids is 1. The van der Waals surface area contributed by atoms with E-state index in [0.717, 1.165) is 11.1 Å². The Kier molecular flexibility index (Phi) is 6.19. The van der Waals surface area contributed by atoms with E-state index in [1.165, 1.54) is 30.0 Å². The Labute approximate surface area is 172 Å². The number of carbonyl (C=O) groups is 2. The number of phenols is 1. The Morgan fingerprint density at radius 3 is 2.55 bits per heavy atom. The lowest BCUT2D eigenvalue weighted by Crippen LogP contribution is -2.28. The van der Waals surface area contributed by atoms with Crippen molar-refractivity contribution in [2.24, 2.45) is 4.99 Å². The van der Waals surface area contributed by atoms with Gasteiger partial charge in [-0.2, -0.15) is 0 Å². The van der Waals surface area contributed by atoms with Gasteiger partial charge in [0.05, 0.1) is 10.6 Å². The van der Waals surface area contributed by atoms with Crippen LogP contribution in [0.1, 0.15) is 29.8 Å². The number of benzene rings is 2. The van der Waals surface area contributed by atoms with Crippen molar-refractivity contribution >= 4 is 40.6 Å². The van der Waals surface area contributed by atoms with Crippen LogP contribution in [0.5, 0.6) is 5.75 Å². The number of hydrogen-bond donors (Lipinski definition) is 2. The summed E-state index contributed by atoms with van der Waals surface area (Å²) in [5.74, 6) is -1.72. The van der Waals surface area contributed by atoms with Gasteiger partial charge in [-0.1, -0.05) is 36.4 Å². The first kappa shape index (κ1) is 20.4. The van der Waals surface area contributed by atoms with Gasteiger partial charge in [-0.05, 0) is 55.0 Å². The predicted octanol–water partition coefficient (Wildman–Crippen LogP) is 4.66. The summed E-state index contributed by atoms with van der Waals surface area (Å²) in [5, 5.41) is 19.4. The first-order valence-corrected chi connectivity index (χ1v) is 9.80. The van der Waals surface area contributed by atoms with E-state index in [1.807, 2.05) is 56.3 Å². The maximum Gasteiger partial charge on any atom is 0.339 e. The maximum atomic E-state index is 12.7. The van der Waals surface area contributed by atoms with Crippen molar-refractivity contribution in [2.45, 2.75) is 13.8 Å². The molecule has 0 saturated carbocycles. The number of carbonyl (C=O) groups excluding carboxylic acids is 1. The molecule has 2 aromatic carbocycles. The van der Waals surface area contributed by atoms with E-state index in [1.54, 1.807) is 4.90 Å². The minimum atomic E-state index is -1.21. The zero-order chi connectivity index (χ0) is 21.0. The number of amidine groups is 1. The second-order valence-electron chi connectivity index (χ2n) is 6.36. The predicted molar refractivity (Wildman–Crippen MR) is 115 cm³/mol. The van der Waals surface area contributed by atoms with Crippen LogP contribution in [0.25, 0.3) is 6.08 Å². The molecule has 1 heterocycles. The number of aromatic hydroxyl groups is 1. The van der Waals surface area contributed by atoms with Crippen molar-refractivity contribution in [1.82, 2.24) is 4.90 Å². The molecule has 148 valence electrons. The van der Waals surface area contributed by atoms with Crippen molar-refractivity contribution < 1.29 is 19.8 Å². The number of allylic oxidation sites excluding steroid dienone is 2. The zero-order valence-corrected chi connectivity index (χ0v) is 16.8. The van der Waals surface area contributed by atoms with Crippen LogP contribution >= 0.6 is 11.8 Å². The third-order valence-electron chi connectivity index (χ3n) is 4.19. The molecular weight excluding hydrogens is 388 g/mol. The van der Waals surface area contributed by atoms with Gasteiger partial charge in [-0.15, -0.1) is 0 Å². The highest BCUT2D eigenvalue weighted by molar-refractivity contribution is 8.18. The summed E-state index contributed by atoms with van der Waals surface area (Å²) in [7, 11) is 0. The molecule has 3 rings (SSSR count). The van der Waals surface area contributed by atoms with E-state index in [9.17, 15) is 14.7 Å². The second-order valence-corrected chi connectivity index (χ2v) is 7.37. The molecule has 1 fully saturated rings. The third-order valence-corrected chi connectivity index (χ3v) is 5.20. The molecule has 0 bridgehead atoms. The second kappa shape index (κ2) is 8.79. The molecule has 6 nitrogen and oxygen atoms in total. The van der Waals surface area contributed by atoms with E-state index in [0.29, 0.717) is 22.3 Å². The molecule has 1 amide bonds. The lowest BCUT2D eigenvalue weighted by molar-refractivity contribution is -0.122. The van der Waals surface area contributed by atoms with Crippen molar-refractivity contribution in [2.75, 3.05) is 6.54 Å². The average molecular weight is 408 g/mol. The van der Waals surface area contributed by atoms with Gasteiger partial charge in [0.15, 0.2) is 5.17 Å². The number of amides is 1. The smallest absolute Gasteiger partial charge is 0.339 e. The van der Waals surface area contributed by atoms with Gasteiger partial charge >= 0.3 is 5.97 Å². The number of carboxylic acid groups (broad SMARTS) is 1. The van der Waals surface area contributed by atoms with E-state index in [-0.39, 0.29) is 17.2 Å². The topological polar surface area (TPSA) is 90.2 Å². The van der Waals surface area contributed by atoms with Gasteiger partial charge in [-0.25, -0.2) is 9.79 Å². The molecule has 7 heteroatoms. The summed E-state index contributed by atoms with van der Waals surface area (Å²) in [5.41, 5.74) is 2.16. The number of thioether (sulfide) groups is 1. The largest absolute Gasteiger partial charge is 0.507 e. The summed E-state index contributed by atoms with van der Waals surface area (Å²) in [6.45, 7) is 4.24. The first-order valence-electron chi connectivity index (χ1n) is 8.98. The minimum absolute atomic E-state index is 0.136. The fraction of sp³-hybridized carbons (Fsp3) is 0.136. The van der Waals surface area contributed by atoms with Crippen LogP contribution in [0.15, 0.2) is 70.1 Å². The van der Waals surface area contributed by atoms with Crippen molar-refractivity contribution in [3.63, 3.8) is 0 Å². The zero-order valence-electron chi connectivity index (χ0n) is 16.0. The van der Waals surface area contributed by atoms with Crippen molar-refractivity contribution in [1.29, 1.82) is 0 Å². The summed E-state index contributed by atoms with van der Waals surface area (Å²) < 4.78 is 0. The number of nitrogens with zero attached hydrogens (tertiary/aromatic N) is 2. The highest BCUT2D eigenvalue weighted by Gasteiger charge is 2.32. The van der Waals surface area contributed by atoms with Crippen LogP contribution < -0.4 is 0 Å². The van der Waals surface area contributed by atoms with Gasteiger partial charge < -0.3 is 10.2 Å². The van der Waals surface area contributed by atoms with Crippen LogP contribution in [-0.2, 0) is 4.79 Å². The Morgan fingerprint density at radius 2 is 1.93 bits per heavy atom. The van der Waals surface area contributed by atoms with E-state index >= 15 is 0 Å². The molecule has 2 N–H and O–H groups in total. The summed E-state index contributed by atoms with van der Waals surface area (Å²) >= 11 is 1.25. The van der Waals surface area contributed by atoms with E-state index in [2.05, 4.69) is 4.99 Å². The first-order chi connectivity index (χ1) is 13.9. The number of likely N-dealkylation sites (N-methyl/N-ethyl adjacent to an activating group) is 1. The van der Waals surface area contributed by atoms with Crippen LogP contribution in [0.2, 0.25) is 0 Å². The van der Waals surface area contributed by atoms with Crippen LogP contribution in [-0.4, -0.2) is 38.7 Å². The molecular formula is C22H20N2O4S. The molecule has 0 aromatic heterocycles. The molecule has 0 radical (unpaired) electrons. The lowest BCUT2D eigenvalue weighted by atomic mass is 10.1. The highest BCUT2D eigenvalue weighted by Crippen LogP contribution is 2.34. The summed E-state index contributed by atoms with van der Waals surface area (Å²) in [6, 6.07) is 13.9. The molecule has 1 aliphatic heterocycles. The Hall–Kier alpha value is -3.32. The summed E-state index contributed by atoms with van der Waals surface area (Å²) in [6.07, 6.45) is 3.82. The normalized spacial score (nSPS) is 17.4. The fourth-order valence-electron chi connectivity index (χ4n) is 2.81. The molecule has 0 atom stereocenters. The van der Waals surface area contributed by atoms with Crippen LogP contribution in [0.4, 0.5) is 5.69 Å². The highest BCUT2D eigenvalue weighted by atomic mass is 32.2. The average Bonchev–Trinajstić information content (AvgIpc) is 2.96. The molecule has 1 aliphatic rings. The Balaban J connectivity index is 1.89. The van der Waals surface area contributed by atoms with Gasteiger partial charge in [-0.3, -0.25) is 9.69 Å². The molecule has 1 saturated heterocycles. The van der Waals surface area contributed by atoms with E-state index < -0.39 is 5.97 Å². The standard InChI is InChI=1S/C22H20N2O4S/c1-3-24-20(26)19(12-14(2)11-15-7-5-4-6-8-15)29-22(24)23-16-9-10-17(21(27)28)18(25)13-16/h4-13,25H,3H2,1-2H3,(H,27,28)/b14-11+,19-12-,23-22?. The van der Waals surface area contributed by atoms with Gasteiger partial charge in [0.25, 0.3) is 5.91 Å². The van der Waals surface area contributed by atoms with Crippen LogP contribution in [0, 0.1) is 0 Å². The fourth-order valence-corrected chi connectivity index (χ4v) is 3.92. The lowest BCUT2D eigenvalue weighted by Gasteiger charge is -2.12. The maximum absolute atomic E-state index is 12.7. The van der Waals surface area contributed by atoms with Crippen molar-refractivity contribution in [3.05, 3.63) is 76.2 Å². The number of aliphatic imine (C=N–C) groups is 1. The Morgan fingerprint density at radius 1 is 1.21 bits per heavy atom. The van der Waals surface area contributed by atoms with Crippen LogP contribution in [0.3, 0.4) is 0 Å². The molecule has 0 unspecified atom stereocenters. The van der Waals surface area contributed by atoms with Gasteiger partial charge in [0.2, 0.25) is 0 Å². The summed E-state index contributed by atoms with van der Waals surface area (Å²) in [4.78, 5) is 30.3. The third kappa shape index (κ3) is 4.75. The quantitative estimate of drug-likeness (QED) is 0.702. The monoisotopic (exact) mass is 408 g/mol. The molecule has 29 heavy (non-hydrogen) atoms. The molecule has 2 aromatic rings. The van der Waals surface area contributed by atoms with Crippen molar-refractivity contribution in [3.8, 4) is 5.75 Å². The van der Waals surface area contributed by atoms with E-state index in [4.69, 9.17) is 5.11 Å². The number of rotatable bonds is 5.